The molecule has 0 atom stereocenters. The molecule has 1 heterocycles. The van der Waals surface area contributed by atoms with Gasteiger partial charge in [0.25, 0.3) is 0 Å². The highest BCUT2D eigenvalue weighted by atomic mass is 32.2. The maximum Gasteiger partial charge on any atom is 0.446 e. The van der Waals surface area contributed by atoms with Crippen molar-refractivity contribution >= 4 is 35.3 Å². The summed E-state index contributed by atoms with van der Waals surface area (Å²) in [5, 5.41) is 0. The van der Waals surface area contributed by atoms with Crippen LogP contribution in [0.3, 0.4) is 0 Å². The number of benzene rings is 1. The van der Waals surface area contributed by atoms with Crippen LogP contribution in [0.25, 0.3) is 0 Å². The number of carbonyl (C=O) groups excluding carboxylic acids is 1. The Kier molecular flexibility index (Phi) is 4.98. The van der Waals surface area contributed by atoms with Crippen LogP contribution in [0.4, 0.5) is 18.9 Å². The summed E-state index contributed by atoms with van der Waals surface area (Å²) in [5.74, 6) is -0.787. The summed E-state index contributed by atoms with van der Waals surface area (Å²) >= 11 is -0.328. The summed E-state index contributed by atoms with van der Waals surface area (Å²) in [6.45, 7) is 0. The molecule has 6 N–H and O–H groups in total. The zero-order valence-corrected chi connectivity index (χ0v) is 15.1. The molecule has 3 rings (SSSR count). The third kappa shape index (κ3) is 4.12. The van der Waals surface area contributed by atoms with E-state index < -0.39 is 17.1 Å². The van der Waals surface area contributed by atoms with Gasteiger partial charge in [-0.15, -0.1) is 0 Å². The van der Waals surface area contributed by atoms with Gasteiger partial charge in [0, 0.05) is 16.1 Å². The first-order valence-electron chi connectivity index (χ1n) is 8.30. The second-order valence-corrected chi connectivity index (χ2v) is 7.58. The van der Waals surface area contributed by atoms with Crippen molar-refractivity contribution in [2.45, 2.75) is 48.2 Å². The van der Waals surface area contributed by atoms with Gasteiger partial charge in [-0.05, 0) is 55.6 Å². The molecule has 1 amide bonds. The molecule has 1 spiro atoms. The van der Waals surface area contributed by atoms with Crippen molar-refractivity contribution in [2.24, 2.45) is 27.2 Å². The second-order valence-electron chi connectivity index (χ2n) is 6.45. The quantitative estimate of drug-likeness (QED) is 0.673. The van der Waals surface area contributed by atoms with Gasteiger partial charge >= 0.3 is 5.51 Å². The molecule has 27 heavy (non-hydrogen) atoms. The van der Waals surface area contributed by atoms with Crippen molar-refractivity contribution in [2.75, 3.05) is 4.90 Å². The number of nitrogens with zero attached hydrogens (tertiary/aromatic N) is 3. The van der Waals surface area contributed by atoms with Gasteiger partial charge in [-0.3, -0.25) is 9.69 Å². The number of thioether (sulfide) groups is 1. The molecule has 1 aromatic rings. The van der Waals surface area contributed by atoms with E-state index in [1.54, 1.807) is 4.90 Å². The fraction of sp³-hybridized carbons (Fsp3) is 0.438. The number of alkyl halides is 3. The molecule has 7 nitrogen and oxygen atoms in total. The number of primary amides is 1. The summed E-state index contributed by atoms with van der Waals surface area (Å²) in [4.78, 5) is 21.5. The lowest BCUT2D eigenvalue weighted by molar-refractivity contribution is -0.0328. The zero-order valence-electron chi connectivity index (χ0n) is 14.3. The highest BCUT2D eigenvalue weighted by Gasteiger charge is 2.43. The minimum Gasteiger partial charge on any atom is -0.369 e. The van der Waals surface area contributed by atoms with Crippen LogP contribution in [-0.2, 0) is 0 Å². The summed E-state index contributed by atoms with van der Waals surface area (Å²) < 4.78 is 38.6. The molecule has 1 fully saturated rings. The SMILES string of the molecule is NC(=O)c1cc(SC(F)(F)F)cc(N2C(N)=NC(N)=NC23CCCCC3)c1. The third-order valence-corrected chi connectivity index (χ3v) is 5.22. The third-order valence-electron chi connectivity index (χ3n) is 4.52. The zero-order chi connectivity index (χ0) is 19.8. The molecule has 0 unspecified atom stereocenters. The number of rotatable bonds is 3. The number of amides is 1. The Morgan fingerprint density at radius 1 is 1.15 bits per heavy atom. The topological polar surface area (TPSA) is 123 Å². The fourth-order valence-electron chi connectivity index (χ4n) is 3.54. The van der Waals surface area contributed by atoms with Gasteiger partial charge < -0.3 is 17.2 Å². The number of carbonyl (C=O) groups is 1. The Labute approximate surface area is 157 Å². The maximum atomic E-state index is 12.9. The van der Waals surface area contributed by atoms with E-state index in [2.05, 4.69) is 9.98 Å². The maximum absolute atomic E-state index is 12.9. The molecule has 2 aliphatic rings. The average molecular weight is 400 g/mol. The van der Waals surface area contributed by atoms with E-state index in [0.29, 0.717) is 12.8 Å². The minimum absolute atomic E-state index is 0.0222. The summed E-state index contributed by atoms with van der Waals surface area (Å²) in [7, 11) is 0. The van der Waals surface area contributed by atoms with Crippen molar-refractivity contribution in [3.8, 4) is 0 Å². The first-order chi connectivity index (χ1) is 12.6. The fourth-order valence-corrected chi connectivity index (χ4v) is 4.17. The van der Waals surface area contributed by atoms with E-state index in [-0.39, 0.29) is 39.8 Å². The number of hydrogen-bond donors (Lipinski definition) is 3. The molecule has 1 aromatic carbocycles. The van der Waals surface area contributed by atoms with E-state index >= 15 is 0 Å². The van der Waals surface area contributed by atoms with Gasteiger partial charge in [0.2, 0.25) is 17.8 Å². The lowest BCUT2D eigenvalue weighted by atomic mass is 9.87. The summed E-state index contributed by atoms with van der Waals surface area (Å²) in [6, 6.07) is 3.81. The Bertz CT molecular complexity index is 817. The summed E-state index contributed by atoms with van der Waals surface area (Å²) in [6.07, 6.45) is 3.97. The van der Waals surface area contributed by atoms with Crippen molar-refractivity contribution in [3.05, 3.63) is 23.8 Å². The Morgan fingerprint density at radius 3 is 2.41 bits per heavy atom. The van der Waals surface area contributed by atoms with Gasteiger partial charge in [0.1, 0.15) is 5.66 Å². The normalized spacial score (nSPS) is 19.6. The first kappa shape index (κ1) is 19.3. The molecule has 0 bridgehead atoms. The van der Waals surface area contributed by atoms with Crippen molar-refractivity contribution < 1.29 is 18.0 Å². The number of halogens is 3. The van der Waals surface area contributed by atoms with Crippen LogP contribution in [0.1, 0.15) is 42.5 Å². The van der Waals surface area contributed by atoms with Gasteiger partial charge in [0.15, 0.2) is 0 Å². The summed E-state index contributed by atoms with van der Waals surface area (Å²) in [5.41, 5.74) is 12.1. The van der Waals surface area contributed by atoms with E-state index in [1.165, 1.54) is 12.1 Å². The molecule has 1 aliphatic heterocycles. The molecular weight excluding hydrogens is 381 g/mol. The van der Waals surface area contributed by atoms with E-state index in [0.717, 1.165) is 25.3 Å². The van der Waals surface area contributed by atoms with E-state index in [4.69, 9.17) is 17.2 Å². The Hall–Kier alpha value is -2.43. The number of hydrogen-bond acceptors (Lipinski definition) is 7. The smallest absolute Gasteiger partial charge is 0.369 e. The molecule has 1 aliphatic carbocycles. The minimum atomic E-state index is -4.51. The lowest BCUT2D eigenvalue weighted by Crippen LogP contribution is -2.58. The van der Waals surface area contributed by atoms with Crippen molar-refractivity contribution in [1.82, 2.24) is 0 Å². The second kappa shape index (κ2) is 6.95. The van der Waals surface area contributed by atoms with Crippen LogP contribution < -0.4 is 22.1 Å². The number of guanidine groups is 2. The van der Waals surface area contributed by atoms with E-state index in [9.17, 15) is 18.0 Å². The number of aliphatic imine (C=N–C) groups is 2. The number of nitrogens with two attached hydrogens (primary N) is 3. The van der Waals surface area contributed by atoms with Crippen LogP contribution in [-0.4, -0.2) is 29.0 Å². The lowest BCUT2D eigenvalue weighted by Gasteiger charge is -2.45. The Balaban J connectivity index is 2.12. The predicted octanol–water partition coefficient (Wildman–Crippen LogP) is 2.51. The van der Waals surface area contributed by atoms with E-state index in [1.807, 2.05) is 0 Å². The van der Waals surface area contributed by atoms with Gasteiger partial charge in [-0.1, -0.05) is 6.42 Å². The average Bonchev–Trinajstić information content (AvgIpc) is 2.52. The van der Waals surface area contributed by atoms with Crippen molar-refractivity contribution in [1.29, 1.82) is 0 Å². The highest BCUT2D eigenvalue weighted by molar-refractivity contribution is 8.00. The van der Waals surface area contributed by atoms with Crippen LogP contribution in [0.2, 0.25) is 0 Å². The van der Waals surface area contributed by atoms with Crippen molar-refractivity contribution in [3.63, 3.8) is 0 Å². The number of anilines is 1. The van der Waals surface area contributed by atoms with Crippen LogP contribution in [0.5, 0.6) is 0 Å². The molecule has 11 heteroatoms. The standard InChI is InChI=1S/C16H19F3N6OS/c17-16(18,19)27-11-7-9(12(20)26)6-10(8-11)25-14(22)23-13(21)24-15(25)4-2-1-3-5-15/h6-8H,1-5H2,(H2,20,26)(H4,21,22,23,24). The first-order valence-corrected chi connectivity index (χ1v) is 9.12. The molecular formula is C16H19F3N6OS. The van der Waals surface area contributed by atoms with Crippen LogP contribution >= 0.6 is 11.8 Å². The molecule has 0 aromatic heterocycles. The molecule has 146 valence electrons. The van der Waals surface area contributed by atoms with Crippen LogP contribution in [0.15, 0.2) is 33.1 Å². The van der Waals surface area contributed by atoms with Gasteiger partial charge in [-0.25, -0.2) is 4.99 Å². The van der Waals surface area contributed by atoms with Gasteiger partial charge in [-0.2, -0.15) is 18.2 Å². The molecule has 0 saturated heterocycles. The Morgan fingerprint density at radius 2 is 1.81 bits per heavy atom. The van der Waals surface area contributed by atoms with Crippen LogP contribution in [0, 0.1) is 0 Å². The monoisotopic (exact) mass is 400 g/mol. The van der Waals surface area contributed by atoms with Gasteiger partial charge in [0.05, 0.1) is 0 Å². The largest absolute Gasteiger partial charge is 0.446 e. The molecule has 1 saturated carbocycles. The molecule has 0 radical (unpaired) electrons. The predicted molar refractivity (Wildman–Crippen MR) is 98.4 cm³/mol. The highest BCUT2D eigenvalue weighted by Crippen LogP contribution is 2.43.